The highest BCUT2D eigenvalue weighted by molar-refractivity contribution is 5.73. The highest BCUT2D eigenvalue weighted by Gasteiger charge is 2.07. The first-order valence-electron chi connectivity index (χ1n) is 5.08. The fourth-order valence-electron chi connectivity index (χ4n) is 0.929. The predicted octanol–water partition coefficient (Wildman–Crippen LogP) is 2.27. The largest absolute Gasteiger partial charge is 0.335 e. The van der Waals surface area contributed by atoms with E-state index >= 15 is 0 Å². The second kappa shape index (κ2) is 6.75. The van der Waals surface area contributed by atoms with Gasteiger partial charge in [-0.05, 0) is 6.92 Å². The van der Waals surface area contributed by atoms with Crippen LogP contribution >= 0.6 is 0 Å². The van der Waals surface area contributed by atoms with Gasteiger partial charge in [0.1, 0.15) is 5.39 Å². The van der Waals surface area contributed by atoms with Gasteiger partial charge in [0.25, 0.3) is 11.3 Å². The van der Waals surface area contributed by atoms with Crippen molar-refractivity contribution in [3.05, 3.63) is 22.4 Å². The lowest BCUT2D eigenvalue weighted by atomic mass is 10.3. The smallest absolute Gasteiger partial charge is 0.264 e. The number of hydrogen-bond donors (Lipinski definition) is 1. The van der Waals surface area contributed by atoms with Crippen LogP contribution < -0.4 is 5.56 Å². The molecule has 0 aliphatic rings. The number of aromatic amines is 1. The summed E-state index contributed by atoms with van der Waals surface area (Å²) < 4.78 is 4.75. The lowest BCUT2D eigenvalue weighted by molar-refractivity contribution is 0.442. The molecular weight excluding hydrogens is 194 g/mol. The van der Waals surface area contributed by atoms with Gasteiger partial charge in [0.2, 0.25) is 0 Å². The number of nitrogens with one attached hydrogen (secondary N) is 1. The van der Waals surface area contributed by atoms with Crippen LogP contribution in [0.25, 0.3) is 11.1 Å². The first-order valence-corrected chi connectivity index (χ1v) is 5.08. The Morgan fingerprint density at radius 1 is 1.27 bits per heavy atom. The van der Waals surface area contributed by atoms with Crippen molar-refractivity contribution in [3.8, 4) is 0 Å². The summed E-state index contributed by atoms with van der Waals surface area (Å²) >= 11 is 0. The first-order chi connectivity index (χ1) is 7.29. The molecule has 2 heterocycles. The van der Waals surface area contributed by atoms with Gasteiger partial charge in [-0.2, -0.15) is 0 Å². The molecule has 5 nitrogen and oxygen atoms in total. The van der Waals surface area contributed by atoms with Crippen molar-refractivity contribution in [2.75, 3.05) is 0 Å². The standard InChI is InChI=1S/C6H5N3O2.2C2H6/c1-3-4-5(10)7-2-8-6(4)11-9-3;2*1-2/h2H,1H3,(H,7,8,10);2*1-2H3. The van der Waals surface area contributed by atoms with Gasteiger partial charge in [-0.25, -0.2) is 4.98 Å². The molecule has 0 saturated carbocycles. The van der Waals surface area contributed by atoms with Gasteiger partial charge in [-0.1, -0.05) is 32.9 Å². The zero-order valence-electron chi connectivity index (χ0n) is 9.79. The van der Waals surface area contributed by atoms with E-state index in [1.807, 2.05) is 27.7 Å². The van der Waals surface area contributed by atoms with E-state index in [1.54, 1.807) is 6.92 Å². The van der Waals surface area contributed by atoms with Crippen LogP contribution in [0.5, 0.6) is 0 Å². The minimum absolute atomic E-state index is 0.214. The van der Waals surface area contributed by atoms with Gasteiger partial charge in [0, 0.05) is 0 Å². The molecule has 15 heavy (non-hydrogen) atoms. The molecule has 0 fully saturated rings. The minimum Gasteiger partial charge on any atom is -0.335 e. The Kier molecular flexibility index (Phi) is 6.01. The Bertz CT molecular complexity index is 445. The molecule has 0 saturated heterocycles. The molecule has 0 radical (unpaired) electrons. The van der Waals surface area contributed by atoms with Crippen LogP contribution in [0.4, 0.5) is 0 Å². The Labute approximate surface area is 88.5 Å². The second-order valence-corrected chi connectivity index (χ2v) is 2.18. The normalized spacial score (nSPS) is 8.60. The van der Waals surface area contributed by atoms with Crippen molar-refractivity contribution in [2.45, 2.75) is 34.6 Å². The number of hydrogen-bond acceptors (Lipinski definition) is 4. The highest BCUT2D eigenvalue weighted by Crippen LogP contribution is 2.07. The lowest BCUT2D eigenvalue weighted by Crippen LogP contribution is -2.05. The van der Waals surface area contributed by atoms with Crippen molar-refractivity contribution in [2.24, 2.45) is 0 Å². The highest BCUT2D eigenvalue weighted by atomic mass is 16.5. The summed E-state index contributed by atoms with van der Waals surface area (Å²) in [4.78, 5) is 17.3. The summed E-state index contributed by atoms with van der Waals surface area (Å²) in [5.41, 5.74) is 0.634. The number of aromatic nitrogens is 3. The molecule has 2 aromatic rings. The van der Waals surface area contributed by atoms with E-state index < -0.39 is 0 Å². The SMILES string of the molecule is CC.CC.Cc1noc2nc[nH]c(=O)c12. The van der Waals surface area contributed by atoms with Crippen molar-refractivity contribution in [1.29, 1.82) is 0 Å². The van der Waals surface area contributed by atoms with Gasteiger partial charge in [-0.15, -0.1) is 0 Å². The molecule has 0 aliphatic heterocycles. The molecule has 1 N–H and O–H groups in total. The molecular formula is C10H17N3O2. The number of rotatable bonds is 0. The molecule has 0 unspecified atom stereocenters. The number of aryl methyl sites for hydroxylation is 1. The molecule has 2 rings (SSSR count). The molecule has 0 bridgehead atoms. The predicted molar refractivity (Wildman–Crippen MR) is 59.9 cm³/mol. The van der Waals surface area contributed by atoms with Crippen LogP contribution in [0.15, 0.2) is 15.6 Å². The van der Waals surface area contributed by atoms with E-state index in [0.717, 1.165) is 0 Å². The average molecular weight is 211 g/mol. The maximum atomic E-state index is 11.1. The van der Waals surface area contributed by atoms with Crippen molar-refractivity contribution in [1.82, 2.24) is 15.1 Å². The zero-order valence-corrected chi connectivity index (χ0v) is 9.79. The fraction of sp³-hybridized carbons (Fsp3) is 0.500. The Balaban J connectivity index is 0.000000442. The van der Waals surface area contributed by atoms with E-state index in [0.29, 0.717) is 11.1 Å². The second-order valence-electron chi connectivity index (χ2n) is 2.18. The van der Waals surface area contributed by atoms with E-state index in [1.165, 1.54) is 6.33 Å². The third-order valence-corrected chi connectivity index (χ3v) is 1.45. The van der Waals surface area contributed by atoms with Gasteiger partial charge >= 0.3 is 0 Å². The van der Waals surface area contributed by atoms with Gasteiger partial charge < -0.3 is 9.51 Å². The quantitative estimate of drug-likeness (QED) is 0.725. The summed E-state index contributed by atoms with van der Waals surface area (Å²) in [5.74, 6) is 0. The van der Waals surface area contributed by atoms with Gasteiger partial charge in [0.05, 0.1) is 12.0 Å². The van der Waals surface area contributed by atoms with Crippen molar-refractivity contribution in [3.63, 3.8) is 0 Å². The van der Waals surface area contributed by atoms with E-state index in [2.05, 4.69) is 15.1 Å². The molecule has 0 spiro atoms. The molecule has 0 aromatic carbocycles. The summed E-state index contributed by atoms with van der Waals surface area (Å²) in [5, 5.41) is 4.02. The third kappa shape index (κ3) is 2.90. The van der Waals surface area contributed by atoms with Crippen LogP contribution in [-0.4, -0.2) is 15.1 Å². The molecule has 2 aromatic heterocycles. The maximum absolute atomic E-state index is 11.1. The lowest BCUT2D eigenvalue weighted by Gasteiger charge is -1.82. The summed E-state index contributed by atoms with van der Waals surface area (Å²) in [6, 6.07) is 0. The van der Waals surface area contributed by atoms with E-state index in [9.17, 15) is 4.79 Å². The van der Waals surface area contributed by atoms with E-state index in [-0.39, 0.29) is 11.3 Å². The summed E-state index contributed by atoms with van der Waals surface area (Å²) in [6.07, 6.45) is 1.29. The minimum atomic E-state index is -0.214. The Morgan fingerprint density at radius 3 is 2.40 bits per heavy atom. The first kappa shape index (κ1) is 13.4. The molecule has 0 amide bonds. The van der Waals surface area contributed by atoms with Crippen LogP contribution in [0.2, 0.25) is 0 Å². The van der Waals surface area contributed by atoms with Crippen molar-refractivity contribution >= 4 is 11.1 Å². The third-order valence-electron chi connectivity index (χ3n) is 1.45. The monoisotopic (exact) mass is 211 g/mol. The van der Waals surface area contributed by atoms with Crippen LogP contribution in [-0.2, 0) is 0 Å². The van der Waals surface area contributed by atoms with Crippen LogP contribution in [0.1, 0.15) is 33.4 Å². The molecule has 0 aliphatic carbocycles. The zero-order chi connectivity index (χ0) is 11.8. The van der Waals surface area contributed by atoms with Crippen molar-refractivity contribution < 1.29 is 4.52 Å². The Hall–Kier alpha value is -1.65. The van der Waals surface area contributed by atoms with E-state index in [4.69, 9.17) is 4.52 Å². The topological polar surface area (TPSA) is 71.8 Å². The number of fused-ring (bicyclic) bond motifs is 1. The Morgan fingerprint density at radius 2 is 1.87 bits per heavy atom. The van der Waals surface area contributed by atoms with Gasteiger partial charge in [-0.3, -0.25) is 4.79 Å². The summed E-state index contributed by atoms with van der Waals surface area (Å²) in [7, 11) is 0. The molecule has 84 valence electrons. The van der Waals surface area contributed by atoms with Gasteiger partial charge in [0.15, 0.2) is 0 Å². The maximum Gasteiger partial charge on any atom is 0.264 e. The van der Waals surface area contributed by atoms with Crippen LogP contribution in [0, 0.1) is 6.92 Å². The number of H-pyrrole nitrogens is 1. The average Bonchev–Trinajstić information content (AvgIpc) is 2.68. The summed E-state index contributed by atoms with van der Waals surface area (Å²) in [6.45, 7) is 9.70. The molecule has 5 heteroatoms. The fourth-order valence-corrected chi connectivity index (χ4v) is 0.929. The van der Waals surface area contributed by atoms with Crippen LogP contribution in [0.3, 0.4) is 0 Å². The molecule has 0 atom stereocenters. The number of nitrogens with zero attached hydrogens (tertiary/aromatic N) is 2.